The molecule has 2 aromatic heterocycles. The Labute approximate surface area is 140 Å². The Morgan fingerprint density at radius 2 is 1.71 bits per heavy atom. The van der Waals surface area contributed by atoms with E-state index in [1.54, 1.807) is 18.6 Å². The first-order valence-corrected chi connectivity index (χ1v) is 8.33. The molecule has 2 aromatic rings. The third kappa shape index (κ3) is 3.29. The Bertz CT molecular complexity index is 693. The summed E-state index contributed by atoms with van der Waals surface area (Å²) in [5.74, 6) is 1.66. The van der Waals surface area contributed by atoms with Gasteiger partial charge in [0.1, 0.15) is 5.82 Å². The van der Waals surface area contributed by atoms with E-state index in [-0.39, 0.29) is 5.91 Å². The molecule has 1 N–H and O–H groups in total. The van der Waals surface area contributed by atoms with Crippen LogP contribution in [0.4, 0.5) is 11.8 Å². The molecule has 7 nitrogen and oxygen atoms in total. The lowest BCUT2D eigenvalue weighted by molar-refractivity contribution is 0.0950. The van der Waals surface area contributed by atoms with E-state index in [0.717, 1.165) is 50.8 Å². The summed E-state index contributed by atoms with van der Waals surface area (Å²) in [6, 6.07) is 5.97. The average molecular weight is 324 g/mol. The summed E-state index contributed by atoms with van der Waals surface area (Å²) in [5.41, 5.74) is 0.627. The van der Waals surface area contributed by atoms with Crippen LogP contribution in [0.2, 0.25) is 0 Å². The van der Waals surface area contributed by atoms with Crippen molar-refractivity contribution in [1.82, 2.24) is 20.3 Å². The van der Waals surface area contributed by atoms with Crippen molar-refractivity contribution in [3.8, 4) is 0 Å². The molecule has 1 aliphatic carbocycles. The van der Waals surface area contributed by atoms with Crippen molar-refractivity contribution >= 4 is 17.7 Å². The lowest BCUT2D eigenvalue weighted by Gasteiger charge is -2.35. The molecule has 0 bridgehead atoms. The summed E-state index contributed by atoms with van der Waals surface area (Å²) in [6.45, 7) is 3.43. The number of hydrogen-bond acceptors (Lipinski definition) is 6. The minimum absolute atomic E-state index is 0.0254. The third-order valence-corrected chi connectivity index (χ3v) is 4.36. The predicted octanol–water partition coefficient (Wildman–Crippen LogP) is 1.09. The monoisotopic (exact) mass is 324 g/mol. The smallest absolute Gasteiger partial charge is 0.253 e. The van der Waals surface area contributed by atoms with Crippen LogP contribution in [0.15, 0.2) is 36.8 Å². The van der Waals surface area contributed by atoms with Crippen LogP contribution in [-0.2, 0) is 0 Å². The molecule has 4 rings (SSSR count). The maximum absolute atomic E-state index is 12.0. The largest absolute Gasteiger partial charge is 0.353 e. The van der Waals surface area contributed by atoms with E-state index in [2.05, 4.69) is 30.1 Å². The number of piperazine rings is 1. The topological polar surface area (TPSA) is 74.2 Å². The molecule has 1 amide bonds. The van der Waals surface area contributed by atoms with Crippen LogP contribution in [-0.4, -0.2) is 53.1 Å². The fourth-order valence-electron chi connectivity index (χ4n) is 2.79. The van der Waals surface area contributed by atoms with Crippen molar-refractivity contribution in [1.29, 1.82) is 0 Å². The number of nitrogens with zero attached hydrogens (tertiary/aromatic N) is 5. The highest BCUT2D eigenvalue weighted by atomic mass is 16.1. The first kappa shape index (κ1) is 14.9. The zero-order valence-corrected chi connectivity index (χ0v) is 13.4. The van der Waals surface area contributed by atoms with Gasteiger partial charge in [-0.05, 0) is 31.0 Å². The molecule has 24 heavy (non-hydrogen) atoms. The van der Waals surface area contributed by atoms with Crippen LogP contribution in [0.1, 0.15) is 23.2 Å². The van der Waals surface area contributed by atoms with Crippen LogP contribution in [0.5, 0.6) is 0 Å². The number of carbonyl (C=O) groups excluding carboxylic acids is 1. The van der Waals surface area contributed by atoms with Gasteiger partial charge in [-0.2, -0.15) is 0 Å². The van der Waals surface area contributed by atoms with E-state index in [1.165, 1.54) is 0 Å². The van der Waals surface area contributed by atoms with Gasteiger partial charge in [0.15, 0.2) is 0 Å². The molecule has 3 heterocycles. The highest BCUT2D eigenvalue weighted by Gasteiger charge is 2.24. The van der Waals surface area contributed by atoms with Crippen molar-refractivity contribution in [3.63, 3.8) is 0 Å². The molecule has 7 heteroatoms. The molecule has 0 radical (unpaired) electrons. The predicted molar refractivity (Wildman–Crippen MR) is 91.2 cm³/mol. The fourth-order valence-corrected chi connectivity index (χ4v) is 2.79. The summed E-state index contributed by atoms with van der Waals surface area (Å²) in [4.78, 5) is 29.5. The summed E-state index contributed by atoms with van der Waals surface area (Å²) in [7, 11) is 0. The van der Waals surface area contributed by atoms with Gasteiger partial charge in [-0.15, -0.1) is 0 Å². The second kappa shape index (κ2) is 6.43. The number of amides is 1. The molecule has 2 aliphatic rings. The zero-order valence-electron chi connectivity index (χ0n) is 13.4. The Morgan fingerprint density at radius 1 is 1.00 bits per heavy atom. The minimum Gasteiger partial charge on any atom is -0.353 e. The number of rotatable bonds is 4. The van der Waals surface area contributed by atoms with Gasteiger partial charge in [-0.3, -0.25) is 4.79 Å². The number of anilines is 2. The minimum atomic E-state index is -0.0254. The Morgan fingerprint density at radius 3 is 2.33 bits per heavy atom. The number of carbonyl (C=O) groups is 1. The van der Waals surface area contributed by atoms with Crippen molar-refractivity contribution in [2.45, 2.75) is 18.9 Å². The Balaban J connectivity index is 1.36. The Hall–Kier alpha value is -2.70. The van der Waals surface area contributed by atoms with Gasteiger partial charge >= 0.3 is 0 Å². The quantitative estimate of drug-likeness (QED) is 0.907. The zero-order chi connectivity index (χ0) is 16.4. The molecular formula is C17H20N6O. The second-order valence-electron chi connectivity index (χ2n) is 6.18. The number of nitrogens with one attached hydrogen (secondary N) is 1. The van der Waals surface area contributed by atoms with Crippen LogP contribution in [0.25, 0.3) is 0 Å². The summed E-state index contributed by atoms with van der Waals surface area (Å²) >= 11 is 0. The maximum Gasteiger partial charge on any atom is 0.253 e. The van der Waals surface area contributed by atoms with Gasteiger partial charge in [0.2, 0.25) is 5.95 Å². The Kier molecular flexibility index (Phi) is 3.98. The van der Waals surface area contributed by atoms with Crippen molar-refractivity contribution < 1.29 is 4.79 Å². The van der Waals surface area contributed by atoms with Crippen molar-refractivity contribution in [2.24, 2.45) is 0 Å². The molecule has 2 fully saturated rings. The molecule has 1 saturated heterocycles. The van der Waals surface area contributed by atoms with Crippen molar-refractivity contribution in [3.05, 3.63) is 42.4 Å². The van der Waals surface area contributed by atoms with E-state index in [9.17, 15) is 4.79 Å². The molecule has 0 aromatic carbocycles. The van der Waals surface area contributed by atoms with E-state index in [4.69, 9.17) is 0 Å². The van der Waals surface area contributed by atoms with Gasteiger partial charge in [-0.25, -0.2) is 15.0 Å². The first-order valence-electron chi connectivity index (χ1n) is 8.33. The lowest BCUT2D eigenvalue weighted by atomic mass is 10.2. The van der Waals surface area contributed by atoms with Crippen LogP contribution < -0.4 is 15.1 Å². The number of hydrogen-bond donors (Lipinski definition) is 1. The molecule has 0 spiro atoms. The molecular weight excluding hydrogens is 304 g/mol. The van der Waals surface area contributed by atoms with Crippen LogP contribution >= 0.6 is 0 Å². The third-order valence-electron chi connectivity index (χ3n) is 4.36. The van der Waals surface area contributed by atoms with E-state index in [1.807, 2.05) is 18.2 Å². The highest BCUT2D eigenvalue weighted by Crippen LogP contribution is 2.20. The molecule has 0 unspecified atom stereocenters. The molecule has 124 valence electrons. The summed E-state index contributed by atoms with van der Waals surface area (Å²) in [5, 5.41) is 2.98. The molecule has 0 atom stereocenters. The molecule has 1 saturated carbocycles. The van der Waals surface area contributed by atoms with Crippen molar-refractivity contribution in [2.75, 3.05) is 36.0 Å². The van der Waals surface area contributed by atoms with E-state index < -0.39 is 0 Å². The second-order valence-corrected chi connectivity index (χ2v) is 6.18. The van der Waals surface area contributed by atoms with Gasteiger partial charge in [0, 0.05) is 50.8 Å². The van der Waals surface area contributed by atoms with E-state index >= 15 is 0 Å². The summed E-state index contributed by atoms with van der Waals surface area (Å²) < 4.78 is 0. The normalized spacial score (nSPS) is 17.7. The van der Waals surface area contributed by atoms with E-state index in [0.29, 0.717) is 11.6 Å². The first-order chi connectivity index (χ1) is 11.8. The molecule has 1 aliphatic heterocycles. The maximum atomic E-state index is 12.0. The number of pyridine rings is 1. The SMILES string of the molecule is O=C(NC1CC1)c1ccc(N2CCN(c3ncccn3)CC2)nc1. The highest BCUT2D eigenvalue weighted by molar-refractivity contribution is 5.94. The van der Waals surface area contributed by atoms with Gasteiger partial charge in [-0.1, -0.05) is 0 Å². The fraction of sp³-hybridized carbons (Fsp3) is 0.412. The average Bonchev–Trinajstić information content (AvgIpc) is 3.47. The number of aromatic nitrogens is 3. The summed E-state index contributed by atoms with van der Waals surface area (Å²) in [6.07, 6.45) is 7.38. The van der Waals surface area contributed by atoms with Crippen LogP contribution in [0, 0.1) is 0 Å². The van der Waals surface area contributed by atoms with Gasteiger partial charge < -0.3 is 15.1 Å². The van der Waals surface area contributed by atoms with Crippen LogP contribution in [0.3, 0.4) is 0 Å². The van der Waals surface area contributed by atoms with Gasteiger partial charge in [0.25, 0.3) is 5.91 Å². The lowest BCUT2D eigenvalue weighted by Crippen LogP contribution is -2.47. The van der Waals surface area contributed by atoms with Gasteiger partial charge in [0.05, 0.1) is 5.56 Å². The standard InChI is InChI=1S/C17H20N6O/c24-16(21-14-3-4-14)13-2-5-15(20-12-13)22-8-10-23(11-9-22)17-18-6-1-7-19-17/h1-2,5-7,12,14H,3-4,8-11H2,(H,21,24).